The Bertz CT molecular complexity index is 640. The maximum atomic E-state index is 13.6. The summed E-state index contributed by atoms with van der Waals surface area (Å²) in [6.45, 7) is 8.94. The van der Waals surface area contributed by atoms with E-state index in [-0.39, 0.29) is 11.7 Å². The number of nitro benzene ring substituents is 1. The van der Waals surface area contributed by atoms with E-state index in [0.29, 0.717) is 11.7 Å². The van der Waals surface area contributed by atoms with Gasteiger partial charge < -0.3 is 15.4 Å². The Kier molecular flexibility index (Phi) is 9.81. The largest absolute Gasteiger partial charge is 0.378 e. The molecule has 0 unspecified atom stereocenters. The highest BCUT2D eigenvalue weighted by atomic mass is 19.1. The molecule has 29 heavy (non-hydrogen) atoms. The fourth-order valence-electron chi connectivity index (χ4n) is 3.90. The number of piperidine rings is 1. The molecule has 1 saturated carbocycles. The molecule has 1 aromatic rings. The lowest BCUT2D eigenvalue weighted by molar-refractivity contribution is -0.386. The Labute approximate surface area is 173 Å². The van der Waals surface area contributed by atoms with Crippen molar-refractivity contribution in [3.8, 4) is 0 Å². The molecule has 7 heteroatoms. The van der Waals surface area contributed by atoms with Crippen molar-refractivity contribution in [1.29, 1.82) is 0 Å². The van der Waals surface area contributed by atoms with E-state index in [0.717, 1.165) is 44.9 Å². The second kappa shape index (κ2) is 12.1. The Morgan fingerprint density at radius 3 is 2.45 bits per heavy atom. The van der Waals surface area contributed by atoms with Gasteiger partial charge in [-0.15, -0.1) is 0 Å². The first-order valence-electron chi connectivity index (χ1n) is 10.9. The average Bonchev–Trinajstić information content (AvgIpc) is 2.68. The van der Waals surface area contributed by atoms with Crippen molar-refractivity contribution in [2.24, 2.45) is 5.92 Å². The zero-order chi connectivity index (χ0) is 21.2. The Morgan fingerprint density at radius 1 is 1.21 bits per heavy atom. The fraction of sp³-hybridized carbons (Fsp3) is 0.727. The molecule has 2 aliphatic rings. The van der Waals surface area contributed by atoms with Gasteiger partial charge in [-0.05, 0) is 88.6 Å². The summed E-state index contributed by atoms with van der Waals surface area (Å²) in [5, 5.41) is 17.2. The number of nitro groups is 1. The summed E-state index contributed by atoms with van der Waals surface area (Å²) in [5.74, 6) is 0.160. The standard InChI is InChI=1S/C12H16FN3O2.C10H20O/c1-8-6-10(13)12(16(17)18)11(7-8)15-9-2-4-14-5-3-9;1-3-8-11-10-6-4-9(2)5-7-10/h6-7,9,14-15H,2-5H2,1H3;9-10H,3-8H2,1-2H3. The molecule has 6 nitrogen and oxygen atoms in total. The van der Waals surface area contributed by atoms with Gasteiger partial charge in [0, 0.05) is 12.6 Å². The zero-order valence-electron chi connectivity index (χ0n) is 18.0. The van der Waals surface area contributed by atoms with E-state index >= 15 is 0 Å². The highest BCUT2D eigenvalue weighted by molar-refractivity contribution is 5.64. The molecule has 2 N–H and O–H groups in total. The van der Waals surface area contributed by atoms with Crippen molar-refractivity contribution in [3.05, 3.63) is 33.6 Å². The quantitative estimate of drug-likeness (QED) is 0.499. The van der Waals surface area contributed by atoms with Gasteiger partial charge in [0.25, 0.3) is 0 Å². The third-order valence-corrected chi connectivity index (χ3v) is 5.61. The first kappa shape index (κ1) is 23.5. The maximum absolute atomic E-state index is 13.6. The smallest absolute Gasteiger partial charge is 0.327 e. The van der Waals surface area contributed by atoms with Crippen LogP contribution in [0, 0.1) is 28.8 Å². The molecule has 1 saturated heterocycles. The number of aryl methyl sites for hydroxylation is 1. The third-order valence-electron chi connectivity index (χ3n) is 5.61. The van der Waals surface area contributed by atoms with Gasteiger partial charge in [-0.1, -0.05) is 13.8 Å². The monoisotopic (exact) mass is 409 g/mol. The van der Waals surface area contributed by atoms with Crippen LogP contribution in [0.15, 0.2) is 12.1 Å². The van der Waals surface area contributed by atoms with Crippen LogP contribution in [-0.2, 0) is 4.74 Å². The van der Waals surface area contributed by atoms with Crippen LogP contribution < -0.4 is 10.6 Å². The van der Waals surface area contributed by atoms with Crippen LogP contribution in [0.5, 0.6) is 0 Å². The number of halogens is 1. The molecular weight excluding hydrogens is 373 g/mol. The minimum atomic E-state index is -0.781. The number of benzene rings is 1. The minimum Gasteiger partial charge on any atom is -0.378 e. The predicted molar refractivity (Wildman–Crippen MR) is 115 cm³/mol. The Hall–Kier alpha value is -1.73. The van der Waals surface area contributed by atoms with Crippen LogP contribution in [0.2, 0.25) is 0 Å². The Balaban J connectivity index is 0.000000234. The molecule has 164 valence electrons. The molecule has 0 atom stereocenters. The number of hydrogen-bond donors (Lipinski definition) is 2. The summed E-state index contributed by atoms with van der Waals surface area (Å²) >= 11 is 0. The van der Waals surface area contributed by atoms with Gasteiger partial charge >= 0.3 is 5.69 Å². The number of anilines is 1. The van der Waals surface area contributed by atoms with Gasteiger partial charge in [0.05, 0.1) is 11.0 Å². The molecule has 0 amide bonds. The summed E-state index contributed by atoms with van der Waals surface area (Å²) in [7, 11) is 0. The van der Waals surface area contributed by atoms with E-state index in [1.54, 1.807) is 13.0 Å². The molecule has 1 aliphatic heterocycles. The number of nitrogens with zero attached hydrogens (tertiary/aromatic N) is 1. The predicted octanol–water partition coefficient (Wildman–Crippen LogP) is 5.20. The third kappa shape index (κ3) is 7.90. The van der Waals surface area contributed by atoms with Gasteiger partial charge in [-0.3, -0.25) is 10.1 Å². The summed E-state index contributed by atoms with van der Waals surface area (Å²) < 4.78 is 19.3. The number of rotatable bonds is 6. The zero-order valence-corrected chi connectivity index (χ0v) is 18.0. The molecule has 2 fully saturated rings. The average molecular weight is 410 g/mol. The van der Waals surface area contributed by atoms with Gasteiger partial charge in [-0.2, -0.15) is 4.39 Å². The number of ether oxygens (including phenoxy) is 1. The normalized spacial score (nSPS) is 22.5. The van der Waals surface area contributed by atoms with E-state index in [4.69, 9.17) is 4.74 Å². The van der Waals surface area contributed by atoms with E-state index in [2.05, 4.69) is 24.5 Å². The summed E-state index contributed by atoms with van der Waals surface area (Å²) in [5.41, 5.74) is 0.498. The van der Waals surface area contributed by atoms with E-state index in [1.807, 2.05) is 0 Å². The van der Waals surface area contributed by atoms with Crippen LogP contribution in [-0.4, -0.2) is 36.8 Å². The molecular formula is C22H36FN3O3. The van der Waals surface area contributed by atoms with E-state index in [9.17, 15) is 14.5 Å². The minimum absolute atomic E-state index is 0.158. The second-order valence-corrected chi connectivity index (χ2v) is 8.32. The van der Waals surface area contributed by atoms with Crippen molar-refractivity contribution in [1.82, 2.24) is 5.32 Å². The van der Waals surface area contributed by atoms with Gasteiger partial charge in [-0.25, -0.2) is 0 Å². The summed E-state index contributed by atoms with van der Waals surface area (Å²) in [4.78, 5) is 10.2. The summed E-state index contributed by atoms with van der Waals surface area (Å²) in [6.07, 6.45) is 8.84. The van der Waals surface area contributed by atoms with Crippen LogP contribution in [0.4, 0.5) is 15.8 Å². The second-order valence-electron chi connectivity index (χ2n) is 8.32. The molecule has 1 aromatic carbocycles. The Morgan fingerprint density at radius 2 is 1.86 bits per heavy atom. The van der Waals surface area contributed by atoms with Crippen LogP contribution in [0.3, 0.4) is 0 Å². The van der Waals surface area contributed by atoms with Gasteiger partial charge in [0.2, 0.25) is 5.82 Å². The highest BCUT2D eigenvalue weighted by Crippen LogP contribution is 2.30. The number of nitrogens with one attached hydrogen (secondary N) is 2. The maximum Gasteiger partial charge on any atom is 0.327 e. The first-order chi connectivity index (χ1) is 13.9. The van der Waals surface area contributed by atoms with E-state index in [1.165, 1.54) is 31.7 Å². The lowest BCUT2D eigenvalue weighted by Crippen LogP contribution is -2.35. The molecule has 0 radical (unpaired) electrons. The van der Waals surface area contributed by atoms with Crippen LogP contribution in [0.25, 0.3) is 0 Å². The van der Waals surface area contributed by atoms with Crippen LogP contribution >= 0.6 is 0 Å². The topological polar surface area (TPSA) is 76.4 Å². The van der Waals surface area contributed by atoms with Crippen molar-refractivity contribution < 1.29 is 14.1 Å². The fourth-order valence-corrected chi connectivity index (χ4v) is 3.90. The van der Waals surface area contributed by atoms with E-state index < -0.39 is 16.4 Å². The van der Waals surface area contributed by atoms with Crippen LogP contribution in [0.1, 0.15) is 64.4 Å². The van der Waals surface area contributed by atoms with Crippen molar-refractivity contribution in [3.63, 3.8) is 0 Å². The lowest BCUT2D eigenvalue weighted by atomic mass is 9.89. The molecule has 1 heterocycles. The molecule has 0 spiro atoms. The van der Waals surface area contributed by atoms with Gasteiger partial charge in [0.15, 0.2) is 0 Å². The molecule has 3 rings (SSSR count). The number of hydrogen-bond acceptors (Lipinski definition) is 5. The van der Waals surface area contributed by atoms with Crippen molar-refractivity contribution in [2.75, 3.05) is 25.0 Å². The first-order valence-corrected chi connectivity index (χ1v) is 10.9. The lowest BCUT2D eigenvalue weighted by Gasteiger charge is -2.25. The van der Waals surface area contributed by atoms with Crippen molar-refractivity contribution >= 4 is 11.4 Å². The molecule has 0 aromatic heterocycles. The highest BCUT2D eigenvalue weighted by Gasteiger charge is 2.23. The summed E-state index contributed by atoms with van der Waals surface area (Å²) in [6, 6.07) is 2.97. The molecule has 1 aliphatic carbocycles. The SMILES string of the molecule is CCCOC1CCC(C)CC1.Cc1cc(F)c([N+](=O)[O-])c(NC2CCNCC2)c1. The molecule has 0 bridgehead atoms. The van der Waals surface area contributed by atoms with Gasteiger partial charge in [0.1, 0.15) is 5.69 Å². The van der Waals surface area contributed by atoms with Crippen molar-refractivity contribution in [2.45, 2.75) is 77.9 Å².